The van der Waals surface area contributed by atoms with E-state index >= 15 is 0 Å². The van der Waals surface area contributed by atoms with E-state index in [1.54, 1.807) is 6.20 Å². The van der Waals surface area contributed by atoms with Gasteiger partial charge in [-0.05, 0) is 44.5 Å². The van der Waals surface area contributed by atoms with Crippen molar-refractivity contribution in [3.05, 3.63) is 30.5 Å². The molecule has 2 rings (SSSR count). The molecule has 0 spiro atoms. The van der Waals surface area contributed by atoms with Crippen LogP contribution in [0.5, 0.6) is 0 Å². The summed E-state index contributed by atoms with van der Waals surface area (Å²) in [6.45, 7) is 9.26. The van der Waals surface area contributed by atoms with Gasteiger partial charge in [-0.2, -0.15) is 10.1 Å². The molecule has 118 valence electrons. The van der Waals surface area contributed by atoms with Crippen molar-refractivity contribution in [2.45, 2.75) is 27.2 Å². The highest BCUT2D eigenvalue weighted by molar-refractivity contribution is 5.60. The van der Waals surface area contributed by atoms with Crippen molar-refractivity contribution in [1.82, 2.24) is 15.2 Å². The summed E-state index contributed by atoms with van der Waals surface area (Å²) in [5, 5.41) is 14.3. The summed E-state index contributed by atoms with van der Waals surface area (Å²) < 4.78 is 0. The van der Waals surface area contributed by atoms with Crippen LogP contribution in [0.1, 0.15) is 27.2 Å². The lowest BCUT2D eigenvalue weighted by Gasteiger charge is -2.21. The number of hydrogen-bond acceptors (Lipinski definition) is 6. The average molecular weight is 300 g/mol. The predicted octanol–water partition coefficient (Wildman–Crippen LogP) is 3.28. The fraction of sp³-hybridized carbons (Fsp3) is 0.438. The minimum absolute atomic E-state index is 0.548. The highest BCUT2D eigenvalue weighted by atomic mass is 15.3. The molecule has 1 aromatic carbocycles. The van der Waals surface area contributed by atoms with Gasteiger partial charge in [0.25, 0.3) is 0 Å². The van der Waals surface area contributed by atoms with Crippen LogP contribution in [0, 0.1) is 0 Å². The van der Waals surface area contributed by atoms with E-state index in [1.807, 2.05) is 0 Å². The minimum Gasteiger partial charge on any atom is -0.372 e. The molecule has 6 heteroatoms. The summed E-state index contributed by atoms with van der Waals surface area (Å²) in [4.78, 5) is 6.70. The van der Waals surface area contributed by atoms with Crippen molar-refractivity contribution in [3.8, 4) is 0 Å². The number of benzene rings is 1. The Labute approximate surface area is 132 Å². The van der Waals surface area contributed by atoms with Crippen LogP contribution in [0.25, 0.3) is 0 Å². The van der Waals surface area contributed by atoms with Crippen molar-refractivity contribution in [2.24, 2.45) is 0 Å². The first-order valence-corrected chi connectivity index (χ1v) is 7.82. The molecule has 0 unspecified atom stereocenters. The first kappa shape index (κ1) is 16.0. The SMILES string of the molecule is CCCNc1nncc(Nc2ccc(N(CC)CC)cc2)n1. The summed E-state index contributed by atoms with van der Waals surface area (Å²) >= 11 is 0. The Morgan fingerprint density at radius 1 is 1.05 bits per heavy atom. The topological polar surface area (TPSA) is 66.0 Å². The van der Waals surface area contributed by atoms with Gasteiger partial charge < -0.3 is 15.5 Å². The molecule has 22 heavy (non-hydrogen) atoms. The first-order chi connectivity index (χ1) is 10.8. The zero-order valence-corrected chi connectivity index (χ0v) is 13.5. The van der Waals surface area contributed by atoms with Crippen LogP contribution in [0.2, 0.25) is 0 Å². The summed E-state index contributed by atoms with van der Waals surface area (Å²) in [7, 11) is 0. The zero-order valence-electron chi connectivity index (χ0n) is 13.5. The van der Waals surface area contributed by atoms with E-state index in [0.717, 1.165) is 31.7 Å². The van der Waals surface area contributed by atoms with E-state index in [9.17, 15) is 0 Å². The van der Waals surface area contributed by atoms with E-state index in [0.29, 0.717) is 11.8 Å². The molecule has 2 aromatic rings. The molecule has 0 aliphatic carbocycles. The third kappa shape index (κ3) is 4.31. The molecule has 0 aliphatic heterocycles. The standard InChI is InChI=1S/C16H24N6/c1-4-11-17-16-20-15(12-18-21-16)19-13-7-9-14(10-8-13)22(5-2)6-3/h7-10,12H,4-6,11H2,1-3H3,(H2,17,19,20,21). The van der Waals surface area contributed by atoms with E-state index in [-0.39, 0.29) is 0 Å². The van der Waals surface area contributed by atoms with Gasteiger partial charge in [-0.3, -0.25) is 0 Å². The number of nitrogens with one attached hydrogen (secondary N) is 2. The van der Waals surface area contributed by atoms with Crippen molar-refractivity contribution in [2.75, 3.05) is 35.2 Å². The lowest BCUT2D eigenvalue weighted by Crippen LogP contribution is -2.21. The summed E-state index contributed by atoms with van der Waals surface area (Å²) in [6, 6.07) is 8.32. The van der Waals surface area contributed by atoms with Gasteiger partial charge in [0, 0.05) is 31.0 Å². The fourth-order valence-corrected chi connectivity index (χ4v) is 2.17. The smallest absolute Gasteiger partial charge is 0.244 e. The van der Waals surface area contributed by atoms with Crippen molar-refractivity contribution < 1.29 is 0 Å². The van der Waals surface area contributed by atoms with E-state index in [1.165, 1.54) is 5.69 Å². The molecular formula is C16H24N6. The number of hydrogen-bond donors (Lipinski definition) is 2. The zero-order chi connectivity index (χ0) is 15.8. The average Bonchev–Trinajstić information content (AvgIpc) is 2.56. The van der Waals surface area contributed by atoms with Crippen molar-refractivity contribution in [1.29, 1.82) is 0 Å². The Bertz CT molecular complexity index is 565. The molecule has 1 heterocycles. The van der Waals surface area contributed by atoms with Crippen LogP contribution in [-0.4, -0.2) is 34.8 Å². The monoisotopic (exact) mass is 300 g/mol. The van der Waals surface area contributed by atoms with E-state index in [2.05, 4.69) is 75.8 Å². The Balaban J connectivity index is 2.04. The molecule has 0 saturated carbocycles. The lowest BCUT2D eigenvalue weighted by atomic mass is 10.2. The molecule has 0 radical (unpaired) electrons. The number of nitrogens with zero attached hydrogens (tertiary/aromatic N) is 4. The van der Waals surface area contributed by atoms with Gasteiger partial charge in [0.15, 0.2) is 5.82 Å². The molecule has 2 N–H and O–H groups in total. The fourth-order valence-electron chi connectivity index (χ4n) is 2.17. The van der Waals surface area contributed by atoms with Crippen LogP contribution in [0.3, 0.4) is 0 Å². The van der Waals surface area contributed by atoms with Crippen LogP contribution in [0.15, 0.2) is 30.5 Å². The Morgan fingerprint density at radius 2 is 1.77 bits per heavy atom. The number of rotatable bonds is 8. The number of anilines is 4. The molecule has 0 bridgehead atoms. The Hall–Kier alpha value is -2.37. The summed E-state index contributed by atoms with van der Waals surface area (Å²) in [6.07, 6.45) is 2.64. The van der Waals surface area contributed by atoms with Crippen LogP contribution >= 0.6 is 0 Å². The maximum Gasteiger partial charge on any atom is 0.244 e. The number of aromatic nitrogens is 3. The minimum atomic E-state index is 0.548. The van der Waals surface area contributed by atoms with Gasteiger partial charge in [-0.25, -0.2) is 0 Å². The second-order valence-electron chi connectivity index (χ2n) is 4.94. The van der Waals surface area contributed by atoms with Gasteiger partial charge in [0.2, 0.25) is 5.95 Å². The molecule has 0 aliphatic rings. The van der Waals surface area contributed by atoms with Gasteiger partial charge in [0.1, 0.15) is 0 Å². The highest BCUT2D eigenvalue weighted by Gasteiger charge is 2.03. The van der Waals surface area contributed by atoms with Gasteiger partial charge in [-0.15, -0.1) is 5.10 Å². The summed E-state index contributed by atoms with van der Waals surface area (Å²) in [5.74, 6) is 1.23. The second-order valence-corrected chi connectivity index (χ2v) is 4.94. The molecule has 1 aromatic heterocycles. The molecular weight excluding hydrogens is 276 g/mol. The first-order valence-electron chi connectivity index (χ1n) is 7.82. The Morgan fingerprint density at radius 3 is 2.41 bits per heavy atom. The van der Waals surface area contributed by atoms with Gasteiger partial charge >= 0.3 is 0 Å². The summed E-state index contributed by atoms with van der Waals surface area (Å²) in [5.41, 5.74) is 2.21. The van der Waals surface area contributed by atoms with Gasteiger partial charge in [0.05, 0.1) is 6.20 Å². The van der Waals surface area contributed by atoms with Crippen molar-refractivity contribution >= 4 is 23.1 Å². The highest BCUT2D eigenvalue weighted by Crippen LogP contribution is 2.20. The van der Waals surface area contributed by atoms with Crippen LogP contribution < -0.4 is 15.5 Å². The van der Waals surface area contributed by atoms with Crippen molar-refractivity contribution in [3.63, 3.8) is 0 Å². The molecule has 0 atom stereocenters. The molecule has 0 saturated heterocycles. The Kier molecular flexibility index (Phi) is 5.94. The maximum atomic E-state index is 4.39. The third-order valence-corrected chi connectivity index (χ3v) is 3.36. The van der Waals surface area contributed by atoms with E-state index in [4.69, 9.17) is 0 Å². The van der Waals surface area contributed by atoms with Crippen LogP contribution in [-0.2, 0) is 0 Å². The third-order valence-electron chi connectivity index (χ3n) is 3.36. The normalized spacial score (nSPS) is 10.3. The maximum absolute atomic E-state index is 4.39. The quantitative estimate of drug-likeness (QED) is 0.780. The van der Waals surface area contributed by atoms with Crippen LogP contribution in [0.4, 0.5) is 23.1 Å². The van der Waals surface area contributed by atoms with E-state index < -0.39 is 0 Å². The molecule has 0 fully saturated rings. The van der Waals surface area contributed by atoms with Gasteiger partial charge in [-0.1, -0.05) is 6.92 Å². The second kappa shape index (κ2) is 8.17. The molecule has 0 amide bonds. The molecule has 6 nitrogen and oxygen atoms in total. The largest absolute Gasteiger partial charge is 0.372 e. The predicted molar refractivity (Wildman–Crippen MR) is 91.9 cm³/mol. The lowest BCUT2D eigenvalue weighted by molar-refractivity contribution is 0.866.